The minimum absolute atomic E-state index is 0.115. The van der Waals surface area contributed by atoms with Gasteiger partial charge in [0.2, 0.25) is 0 Å². The number of ether oxygens (including phenoxy) is 1. The Kier molecular flexibility index (Phi) is 5.85. The maximum atomic E-state index is 11.8. The number of hydrogen-bond donors (Lipinski definition) is 1. The lowest BCUT2D eigenvalue weighted by Crippen LogP contribution is -2.39. The fourth-order valence-corrected chi connectivity index (χ4v) is 2.43. The molecule has 0 spiro atoms. The topological polar surface area (TPSA) is 38.3 Å². The van der Waals surface area contributed by atoms with Gasteiger partial charge in [0.15, 0.2) is 0 Å². The number of benzene rings is 1. The van der Waals surface area contributed by atoms with Crippen LogP contribution in [0.25, 0.3) is 0 Å². The zero-order valence-corrected chi connectivity index (χ0v) is 13.7. The van der Waals surface area contributed by atoms with Crippen LogP contribution in [0, 0.1) is 0 Å². The van der Waals surface area contributed by atoms with Crippen LogP contribution in [-0.2, 0) is 4.74 Å². The third-order valence-electron chi connectivity index (χ3n) is 2.37. The van der Waals surface area contributed by atoms with Crippen LogP contribution in [0.3, 0.4) is 0 Å². The van der Waals surface area contributed by atoms with E-state index in [-0.39, 0.29) is 9.97 Å². The molecule has 3 nitrogen and oxygen atoms in total. The molecule has 0 radical (unpaired) electrons. The molecule has 0 aliphatic rings. The highest BCUT2D eigenvalue weighted by Gasteiger charge is 2.23. The average molecular weight is 373 g/mol. The summed E-state index contributed by atoms with van der Waals surface area (Å²) in [7, 11) is 0. The summed E-state index contributed by atoms with van der Waals surface area (Å²) in [6.07, 6.45) is 1.31. The molecule has 19 heavy (non-hydrogen) atoms. The number of carbonyl (C=O) groups excluding carboxylic acids is 1. The van der Waals surface area contributed by atoms with Crippen molar-refractivity contribution < 1.29 is 9.53 Å². The van der Waals surface area contributed by atoms with Crippen molar-refractivity contribution in [3.05, 3.63) is 48.6 Å². The second kappa shape index (κ2) is 6.93. The van der Waals surface area contributed by atoms with Crippen molar-refractivity contribution in [2.45, 2.75) is 36.3 Å². The molecule has 0 aromatic heterocycles. The molecule has 2 unspecified atom stereocenters. The normalized spacial score (nSPS) is 14.3. The van der Waals surface area contributed by atoms with Crippen molar-refractivity contribution in [2.75, 3.05) is 0 Å². The van der Waals surface area contributed by atoms with Crippen LogP contribution in [0.5, 0.6) is 0 Å². The molecule has 1 aromatic carbocycles. The fraction of sp³-hybridized carbons (Fsp3) is 0.400. The molecule has 1 aromatic rings. The average Bonchev–Trinajstić information content (AvgIpc) is 2.34. The smallest absolute Gasteiger partial charge is 0.408 e. The number of alkyl carbamates (subject to hydrolysis) is 1. The van der Waals surface area contributed by atoms with Gasteiger partial charge in [0.05, 0.1) is 9.97 Å². The van der Waals surface area contributed by atoms with Crippen LogP contribution in [-0.4, -0.2) is 17.7 Å². The molecule has 1 N–H and O–H groups in total. The van der Waals surface area contributed by atoms with Crippen molar-refractivity contribution in [3.8, 4) is 0 Å². The van der Waals surface area contributed by atoms with Gasteiger partial charge in [0, 0.05) is 0 Å². The largest absolute Gasteiger partial charge is 0.444 e. The predicted molar refractivity (Wildman–Crippen MR) is 86.6 cm³/mol. The van der Waals surface area contributed by atoms with E-state index >= 15 is 0 Å². The zero-order chi connectivity index (χ0) is 14.5. The Morgan fingerprint density at radius 3 is 2.42 bits per heavy atom. The number of alkyl halides is 1. The highest BCUT2D eigenvalue weighted by atomic mass is 127. The van der Waals surface area contributed by atoms with E-state index in [2.05, 4.69) is 34.5 Å². The minimum Gasteiger partial charge on any atom is -0.444 e. The summed E-state index contributed by atoms with van der Waals surface area (Å²) in [4.78, 5) is 11.8. The Morgan fingerprint density at radius 2 is 1.95 bits per heavy atom. The van der Waals surface area contributed by atoms with Crippen molar-refractivity contribution in [1.29, 1.82) is 0 Å². The van der Waals surface area contributed by atoms with Crippen molar-refractivity contribution in [2.24, 2.45) is 0 Å². The molecule has 0 saturated heterocycles. The molecule has 0 heterocycles. The maximum absolute atomic E-state index is 11.8. The Morgan fingerprint density at radius 1 is 1.37 bits per heavy atom. The summed E-state index contributed by atoms with van der Waals surface area (Å²) < 4.78 is 5.37. The van der Waals surface area contributed by atoms with Gasteiger partial charge in [0.25, 0.3) is 0 Å². The van der Waals surface area contributed by atoms with Crippen LogP contribution in [0.2, 0.25) is 0 Å². The molecule has 4 heteroatoms. The van der Waals surface area contributed by atoms with E-state index in [4.69, 9.17) is 4.74 Å². The van der Waals surface area contributed by atoms with Crippen LogP contribution in [0.4, 0.5) is 4.79 Å². The molecular weight excluding hydrogens is 353 g/mol. The third-order valence-corrected chi connectivity index (χ3v) is 3.86. The highest BCUT2D eigenvalue weighted by Crippen LogP contribution is 2.27. The van der Waals surface area contributed by atoms with Gasteiger partial charge in [-0.15, -0.1) is 6.58 Å². The Bertz CT molecular complexity index is 426. The molecule has 1 rings (SSSR count). The first-order valence-corrected chi connectivity index (χ1v) is 7.39. The van der Waals surface area contributed by atoms with Gasteiger partial charge in [-0.05, 0) is 26.3 Å². The highest BCUT2D eigenvalue weighted by molar-refractivity contribution is 14.1. The Hall–Kier alpha value is -1.04. The first kappa shape index (κ1) is 16.0. The molecular formula is C15H20INO2. The SMILES string of the molecule is C=CC(NC(=O)OC(C)(C)C)C(I)c1ccccc1. The predicted octanol–water partition coefficient (Wildman–Crippen LogP) is 4.24. The molecule has 0 fully saturated rings. The maximum Gasteiger partial charge on any atom is 0.408 e. The lowest BCUT2D eigenvalue weighted by Gasteiger charge is -2.24. The summed E-state index contributed by atoms with van der Waals surface area (Å²) in [5.74, 6) is 0. The Balaban J connectivity index is 2.68. The van der Waals surface area contributed by atoms with Gasteiger partial charge >= 0.3 is 6.09 Å². The van der Waals surface area contributed by atoms with E-state index in [1.807, 2.05) is 51.1 Å². The molecule has 0 bridgehead atoms. The summed E-state index contributed by atoms with van der Waals surface area (Å²) in [6.45, 7) is 9.31. The Labute approximate surface area is 128 Å². The van der Waals surface area contributed by atoms with Crippen molar-refractivity contribution in [1.82, 2.24) is 5.32 Å². The van der Waals surface area contributed by atoms with Gasteiger partial charge in [-0.2, -0.15) is 0 Å². The van der Waals surface area contributed by atoms with Crippen LogP contribution in [0.15, 0.2) is 43.0 Å². The molecule has 0 saturated carbocycles. The number of hydrogen-bond acceptors (Lipinski definition) is 2. The van der Waals surface area contributed by atoms with E-state index in [0.717, 1.165) is 5.56 Å². The number of rotatable bonds is 4. The van der Waals surface area contributed by atoms with Gasteiger partial charge in [-0.1, -0.05) is 59.0 Å². The first-order valence-electron chi connectivity index (χ1n) is 6.14. The molecule has 104 valence electrons. The second-order valence-corrected chi connectivity index (χ2v) is 6.56. The van der Waals surface area contributed by atoms with Crippen LogP contribution >= 0.6 is 22.6 Å². The van der Waals surface area contributed by atoms with E-state index < -0.39 is 11.7 Å². The molecule has 0 aliphatic heterocycles. The molecule has 1 amide bonds. The first-order chi connectivity index (χ1) is 8.83. The summed E-state index contributed by atoms with van der Waals surface area (Å²) in [5.41, 5.74) is 0.646. The lowest BCUT2D eigenvalue weighted by molar-refractivity contribution is 0.0515. The quantitative estimate of drug-likeness (QED) is 0.487. The minimum atomic E-state index is -0.497. The van der Waals surface area contributed by atoms with Gasteiger partial charge < -0.3 is 10.1 Å². The van der Waals surface area contributed by atoms with Crippen molar-refractivity contribution in [3.63, 3.8) is 0 Å². The van der Waals surface area contributed by atoms with E-state index in [0.29, 0.717) is 0 Å². The van der Waals surface area contributed by atoms with E-state index in [1.54, 1.807) is 6.08 Å². The fourth-order valence-electron chi connectivity index (χ4n) is 1.54. The number of halogens is 1. The van der Waals surface area contributed by atoms with E-state index in [1.165, 1.54) is 0 Å². The number of carbonyl (C=O) groups is 1. The van der Waals surface area contributed by atoms with Crippen LogP contribution < -0.4 is 5.32 Å². The van der Waals surface area contributed by atoms with Crippen LogP contribution in [0.1, 0.15) is 30.3 Å². The molecule has 2 atom stereocenters. The number of amides is 1. The van der Waals surface area contributed by atoms with Crippen molar-refractivity contribution >= 4 is 28.7 Å². The van der Waals surface area contributed by atoms with E-state index in [9.17, 15) is 4.79 Å². The third kappa shape index (κ3) is 5.63. The standard InChI is InChI=1S/C15H20INO2/c1-5-12(17-14(18)19-15(2,3)4)13(16)11-9-7-6-8-10-11/h5-10,12-13H,1H2,2-4H3,(H,17,18). The molecule has 0 aliphatic carbocycles. The number of nitrogens with one attached hydrogen (secondary N) is 1. The van der Waals surface area contributed by atoms with Gasteiger partial charge in [-0.3, -0.25) is 0 Å². The summed E-state index contributed by atoms with van der Waals surface area (Å²) in [6, 6.07) is 9.83. The monoisotopic (exact) mass is 373 g/mol. The second-order valence-electron chi connectivity index (χ2n) is 5.22. The van der Waals surface area contributed by atoms with Gasteiger partial charge in [-0.25, -0.2) is 4.79 Å². The summed E-state index contributed by atoms with van der Waals surface area (Å²) in [5, 5.41) is 2.83. The van der Waals surface area contributed by atoms with Gasteiger partial charge in [0.1, 0.15) is 5.60 Å². The lowest BCUT2D eigenvalue weighted by atomic mass is 10.1. The zero-order valence-electron chi connectivity index (χ0n) is 11.5. The summed E-state index contributed by atoms with van der Waals surface area (Å²) >= 11 is 2.30.